The van der Waals surface area contributed by atoms with Crippen LogP contribution in [0, 0.1) is 0 Å². The molecule has 0 aromatic heterocycles. The molecule has 2 nitrogen and oxygen atoms in total. The lowest BCUT2D eigenvalue weighted by atomic mass is 11.7. The molecule has 23 valence electrons. The molecule has 0 N–H and O–H groups in total. The highest BCUT2D eigenvalue weighted by molar-refractivity contribution is 7.10. The Balaban J connectivity index is 2.30. The van der Waals surface area contributed by atoms with Crippen molar-refractivity contribution >= 4 is 15.9 Å². The predicted molar refractivity (Wildman–Crippen MR) is 16.5 cm³/mol. The van der Waals surface area contributed by atoms with Crippen LogP contribution in [0.25, 0.3) is 0 Å². The van der Waals surface area contributed by atoms with E-state index in [1.165, 1.54) is 0 Å². The third kappa shape index (κ3) is 1.90. The summed E-state index contributed by atoms with van der Waals surface area (Å²) in [4.78, 5) is 8.81. The SMILES string of the molecule is O=[C]OP. The van der Waals surface area contributed by atoms with Gasteiger partial charge >= 0.3 is 6.47 Å². The van der Waals surface area contributed by atoms with Crippen LogP contribution in [0.4, 0.5) is 0 Å². The highest BCUT2D eigenvalue weighted by Crippen LogP contribution is 1.70. The van der Waals surface area contributed by atoms with Crippen molar-refractivity contribution in [2.45, 2.75) is 0 Å². The average molecular weight is 77.0 g/mol. The molecule has 1 radical (unpaired) electrons. The Kier molecular flexibility index (Phi) is 2.83. The van der Waals surface area contributed by atoms with Crippen LogP contribution in [0.2, 0.25) is 0 Å². The van der Waals surface area contributed by atoms with E-state index >= 15 is 0 Å². The van der Waals surface area contributed by atoms with E-state index in [0.717, 1.165) is 6.47 Å². The fourth-order valence-electron chi connectivity index (χ4n) is 0. The molecule has 0 aliphatic rings. The summed E-state index contributed by atoms with van der Waals surface area (Å²) in [5.41, 5.74) is 0. The number of hydrogen-bond acceptors (Lipinski definition) is 2. The molecular formula is CH2O2P. The molecule has 0 aromatic rings. The molecule has 0 aromatic carbocycles. The first-order valence-electron chi connectivity index (χ1n) is 0.644. The first-order chi connectivity index (χ1) is 1.91. The lowest BCUT2D eigenvalue weighted by molar-refractivity contribution is 0.474. The molecule has 0 spiro atoms. The van der Waals surface area contributed by atoms with Gasteiger partial charge in [-0.05, 0) is 0 Å². The van der Waals surface area contributed by atoms with Crippen molar-refractivity contribution in [2.24, 2.45) is 0 Å². The van der Waals surface area contributed by atoms with E-state index in [-0.39, 0.29) is 0 Å². The van der Waals surface area contributed by atoms with Crippen molar-refractivity contribution in [3.8, 4) is 0 Å². The number of carbonyl (C=O) groups excluding carboxylic acids is 1. The molecule has 0 saturated carbocycles. The van der Waals surface area contributed by atoms with Crippen molar-refractivity contribution in [3.63, 3.8) is 0 Å². The smallest absolute Gasteiger partial charge is 0.419 e. The van der Waals surface area contributed by atoms with E-state index < -0.39 is 0 Å². The Labute approximate surface area is 26.4 Å². The summed E-state index contributed by atoms with van der Waals surface area (Å²) in [6.45, 7) is 1.14. The van der Waals surface area contributed by atoms with Crippen LogP contribution in [0.5, 0.6) is 0 Å². The maximum atomic E-state index is 8.81. The van der Waals surface area contributed by atoms with Gasteiger partial charge in [0, 0.05) is 0 Å². The minimum atomic E-state index is 1.14. The zero-order chi connectivity index (χ0) is 3.41. The topological polar surface area (TPSA) is 26.3 Å². The van der Waals surface area contributed by atoms with Gasteiger partial charge in [0.25, 0.3) is 0 Å². The highest BCUT2D eigenvalue weighted by Gasteiger charge is 1.51. The molecule has 0 aliphatic carbocycles. The molecule has 0 saturated heterocycles. The standard InChI is InChI=1S/CH2O2P/c2-1-3-4/h4H2. The fraction of sp³-hybridized carbons (Fsp3) is 0. The Hall–Kier alpha value is -0.100. The molecule has 0 heterocycles. The summed E-state index contributed by atoms with van der Waals surface area (Å²) >= 11 is 0. The third-order valence-corrected chi connectivity index (χ3v) is 0.144. The van der Waals surface area contributed by atoms with Gasteiger partial charge in [0.2, 0.25) is 0 Å². The van der Waals surface area contributed by atoms with Crippen LogP contribution in [0.1, 0.15) is 0 Å². The third-order valence-electron chi connectivity index (χ3n) is 0.0481. The van der Waals surface area contributed by atoms with Gasteiger partial charge in [-0.1, -0.05) is 0 Å². The second-order valence-corrected chi connectivity index (χ2v) is 0.437. The first kappa shape index (κ1) is 3.90. The summed E-state index contributed by atoms with van der Waals surface area (Å²) in [5, 5.41) is 0. The van der Waals surface area contributed by atoms with Crippen LogP contribution < -0.4 is 0 Å². The fourth-order valence-corrected chi connectivity index (χ4v) is 0. The number of hydrogen-bond donors (Lipinski definition) is 0. The van der Waals surface area contributed by atoms with E-state index in [4.69, 9.17) is 4.79 Å². The van der Waals surface area contributed by atoms with E-state index in [1.54, 1.807) is 9.47 Å². The van der Waals surface area contributed by atoms with Crippen molar-refractivity contribution in [2.75, 3.05) is 0 Å². The summed E-state index contributed by atoms with van der Waals surface area (Å²) in [6.07, 6.45) is 0. The zero-order valence-electron chi connectivity index (χ0n) is 1.89. The van der Waals surface area contributed by atoms with Crippen molar-refractivity contribution in [1.29, 1.82) is 0 Å². The first-order valence-corrected chi connectivity index (χ1v) is 1.12. The largest absolute Gasteiger partial charge is 0.443 e. The molecule has 0 aliphatic heterocycles. The van der Waals surface area contributed by atoms with Gasteiger partial charge in [-0.25, -0.2) is 4.79 Å². The van der Waals surface area contributed by atoms with Crippen molar-refractivity contribution < 1.29 is 9.32 Å². The van der Waals surface area contributed by atoms with Crippen LogP contribution in [-0.4, -0.2) is 6.47 Å². The summed E-state index contributed by atoms with van der Waals surface area (Å²) in [7, 11) is 1.73. The molecule has 0 rings (SSSR count). The van der Waals surface area contributed by atoms with E-state index in [0.29, 0.717) is 0 Å². The second kappa shape index (κ2) is 2.90. The van der Waals surface area contributed by atoms with Gasteiger partial charge < -0.3 is 4.52 Å². The quantitative estimate of drug-likeness (QED) is 0.407. The summed E-state index contributed by atoms with van der Waals surface area (Å²) < 4.78 is 3.65. The molecule has 1 unspecified atom stereocenters. The lowest BCUT2D eigenvalue weighted by Crippen LogP contribution is -1.56. The van der Waals surface area contributed by atoms with Crippen molar-refractivity contribution in [3.05, 3.63) is 0 Å². The second-order valence-electron chi connectivity index (χ2n) is 0.201. The Morgan fingerprint density at radius 1 is 2.00 bits per heavy atom. The molecular weight excluding hydrogens is 75.0 g/mol. The Morgan fingerprint density at radius 3 is 2.25 bits per heavy atom. The van der Waals surface area contributed by atoms with E-state index in [2.05, 4.69) is 4.52 Å². The normalized spacial score (nSPS) is 5.25. The maximum absolute atomic E-state index is 8.81. The molecule has 3 heteroatoms. The monoisotopic (exact) mass is 77.0 g/mol. The minimum absolute atomic E-state index is 1.14. The average Bonchev–Trinajstić information content (AvgIpc) is 1.37. The predicted octanol–water partition coefficient (Wildman–Crippen LogP) is -0.140. The maximum Gasteiger partial charge on any atom is 0.419 e. The van der Waals surface area contributed by atoms with Gasteiger partial charge in [0.1, 0.15) is 0 Å². The van der Waals surface area contributed by atoms with Crippen LogP contribution in [0.3, 0.4) is 0 Å². The molecule has 4 heavy (non-hydrogen) atoms. The lowest BCUT2D eigenvalue weighted by Gasteiger charge is -1.63. The Morgan fingerprint density at radius 2 is 2.25 bits per heavy atom. The minimum Gasteiger partial charge on any atom is -0.443 e. The van der Waals surface area contributed by atoms with E-state index in [9.17, 15) is 0 Å². The zero-order valence-corrected chi connectivity index (χ0v) is 3.05. The van der Waals surface area contributed by atoms with Crippen LogP contribution in [-0.2, 0) is 9.32 Å². The van der Waals surface area contributed by atoms with Crippen LogP contribution in [0.15, 0.2) is 0 Å². The van der Waals surface area contributed by atoms with Gasteiger partial charge in [-0.15, -0.1) is 0 Å². The van der Waals surface area contributed by atoms with Gasteiger partial charge in [-0.3, -0.25) is 0 Å². The summed E-state index contributed by atoms with van der Waals surface area (Å²) in [6, 6.07) is 0. The molecule has 0 amide bonds. The molecule has 0 bridgehead atoms. The van der Waals surface area contributed by atoms with Crippen molar-refractivity contribution in [1.82, 2.24) is 0 Å². The Bertz CT molecular complexity index is 20.0. The molecule has 0 fully saturated rings. The van der Waals surface area contributed by atoms with Crippen LogP contribution >= 0.6 is 9.47 Å². The summed E-state index contributed by atoms with van der Waals surface area (Å²) in [5.74, 6) is 0. The van der Waals surface area contributed by atoms with Gasteiger partial charge in [0.05, 0.1) is 9.47 Å². The van der Waals surface area contributed by atoms with Gasteiger partial charge in [0.15, 0.2) is 0 Å². The number of rotatable bonds is 1. The highest BCUT2D eigenvalue weighted by atomic mass is 31.0. The van der Waals surface area contributed by atoms with Gasteiger partial charge in [-0.2, -0.15) is 0 Å². The van der Waals surface area contributed by atoms with E-state index in [1.807, 2.05) is 0 Å². The molecule has 1 atom stereocenters.